The van der Waals surface area contributed by atoms with Crippen molar-refractivity contribution in [1.82, 2.24) is 4.90 Å². The number of benzene rings is 3. The summed E-state index contributed by atoms with van der Waals surface area (Å²) >= 11 is 0. The Morgan fingerprint density at radius 2 is 1.57 bits per heavy atom. The van der Waals surface area contributed by atoms with Crippen molar-refractivity contribution in [2.45, 2.75) is 19.2 Å². The fourth-order valence-electron chi connectivity index (χ4n) is 3.67. The van der Waals surface area contributed by atoms with Crippen LogP contribution in [-0.2, 0) is 17.8 Å². The number of ether oxygens (including phenoxy) is 1. The van der Waals surface area contributed by atoms with Gasteiger partial charge in [-0.15, -0.1) is 0 Å². The summed E-state index contributed by atoms with van der Waals surface area (Å²) in [4.78, 5) is 16.1. The summed E-state index contributed by atoms with van der Waals surface area (Å²) in [5.41, 5.74) is 8.43. The van der Waals surface area contributed by atoms with Gasteiger partial charge in [0, 0.05) is 19.6 Å². The highest BCUT2D eigenvalue weighted by atomic mass is 19.1. The number of hydrogen-bond donors (Lipinski definition) is 1. The lowest BCUT2D eigenvalue weighted by Crippen LogP contribution is -2.34. The third-order valence-corrected chi connectivity index (χ3v) is 5.13. The Labute approximate surface area is 175 Å². The zero-order valence-corrected chi connectivity index (χ0v) is 16.6. The van der Waals surface area contributed by atoms with Gasteiger partial charge in [-0.2, -0.15) is 0 Å². The summed E-state index contributed by atoms with van der Waals surface area (Å²) in [6.45, 7) is 2.41. The minimum Gasteiger partial charge on any atom is -0.443 e. The van der Waals surface area contributed by atoms with E-state index in [9.17, 15) is 9.18 Å². The molecule has 0 saturated carbocycles. The summed E-state index contributed by atoms with van der Waals surface area (Å²) < 4.78 is 19.4. The minimum absolute atomic E-state index is 0.0553. The number of amides is 1. The number of halogens is 1. The molecule has 4 rings (SSSR count). The molecular weight excluding hydrogens is 381 g/mol. The van der Waals surface area contributed by atoms with E-state index in [2.05, 4.69) is 29.2 Å². The van der Waals surface area contributed by atoms with Gasteiger partial charge in [0.15, 0.2) is 0 Å². The summed E-state index contributed by atoms with van der Waals surface area (Å²) in [6, 6.07) is 24.8. The van der Waals surface area contributed by atoms with Gasteiger partial charge >= 0.3 is 6.09 Å². The first kappa shape index (κ1) is 19.9. The Morgan fingerprint density at radius 1 is 0.967 bits per heavy atom. The number of cyclic esters (lactones) is 1. The molecule has 3 aromatic rings. The second-order valence-electron chi connectivity index (χ2n) is 7.46. The fraction of sp³-hybridized carbons (Fsp3) is 0.208. The molecule has 1 atom stereocenters. The molecule has 6 heteroatoms. The molecule has 154 valence electrons. The van der Waals surface area contributed by atoms with Gasteiger partial charge in [-0.05, 0) is 29.3 Å². The van der Waals surface area contributed by atoms with Gasteiger partial charge in [-0.25, -0.2) is 9.18 Å². The predicted octanol–water partition coefficient (Wildman–Crippen LogP) is 4.44. The third-order valence-electron chi connectivity index (χ3n) is 5.13. The molecule has 0 aromatic heterocycles. The van der Waals surface area contributed by atoms with Gasteiger partial charge in [0.05, 0.1) is 17.9 Å². The SMILES string of the molecule is Nc1ccc(N2C[C@H](CN(Cc3ccccc3)Cc3ccccc3)OC2=O)cc1F. The summed E-state index contributed by atoms with van der Waals surface area (Å²) in [5, 5.41) is 0. The first-order valence-corrected chi connectivity index (χ1v) is 9.92. The van der Waals surface area contributed by atoms with Crippen LogP contribution in [0.4, 0.5) is 20.6 Å². The molecule has 2 N–H and O–H groups in total. The molecule has 1 fully saturated rings. The highest BCUT2D eigenvalue weighted by Gasteiger charge is 2.33. The van der Waals surface area contributed by atoms with Gasteiger partial charge in [-0.3, -0.25) is 9.80 Å². The van der Waals surface area contributed by atoms with E-state index in [1.807, 2.05) is 36.4 Å². The van der Waals surface area contributed by atoms with E-state index in [1.165, 1.54) is 28.2 Å². The average molecular weight is 405 g/mol. The molecule has 5 nitrogen and oxygen atoms in total. The molecule has 0 bridgehead atoms. The lowest BCUT2D eigenvalue weighted by molar-refractivity contribution is 0.103. The number of nitrogens with zero attached hydrogens (tertiary/aromatic N) is 2. The van der Waals surface area contributed by atoms with E-state index in [0.717, 1.165) is 13.1 Å². The van der Waals surface area contributed by atoms with Crippen molar-refractivity contribution >= 4 is 17.5 Å². The van der Waals surface area contributed by atoms with Gasteiger partial charge in [0.2, 0.25) is 0 Å². The standard InChI is InChI=1S/C24H24FN3O2/c25-22-13-20(11-12-23(22)26)28-17-21(30-24(28)29)16-27(14-18-7-3-1-4-8-18)15-19-9-5-2-6-10-19/h1-13,21H,14-17,26H2/t21-/m0/s1. The largest absolute Gasteiger partial charge is 0.443 e. The zero-order chi connectivity index (χ0) is 20.9. The van der Waals surface area contributed by atoms with Crippen molar-refractivity contribution in [3.8, 4) is 0 Å². The van der Waals surface area contributed by atoms with Crippen LogP contribution >= 0.6 is 0 Å². The Bertz CT molecular complexity index is 956. The van der Waals surface area contributed by atoms with Gasteiger partial charge in [0.25, 0.3) is 0 Å². The second-order valence-corrected chi connectivity index (χ2v) is 7.46. The van der Waals surface area contributed by atoms with Crippen molar-refractivity contribution in [3.63, 3.8) is 0 Å². The number of nitrogens with two attached hydrogens (primary N) is 1. The van der Waals surface area contributed by atoms with Gasteiger partial charge < -0.3 is 10.5 Å². The molecule has 0 aliphatic carbocycles. The number of rotatable bonds is 7. The Hall–Kier alpha value is -3.38. The average Bonchev–Trinajstić information content (AvgIpc) is 3.11. The maximum Gasteiger partial charge on any atom is 0.414 e. The maximum absolute atomic E-state index is 13.8. The predicted molar refractivity (Wildman–Crippen MR) is 115 cm³/mol. The molecule has 0 unspecified atom stereocenters. The Kier molecular flexibility index (Phi) is 5.95. The monoisotopic (exact) mass is 405 g/mol. The molecule has 1 heterocycles. The van der Waals surface area contributed by atoms with Crippen molar-refractivity contribution in [1.29, 1.82) is 0 Å². The third kappa shape index (κ3) is 4.78. The summed E-state index contributed by atoms with van der Waals surface area (Å²) in [5.74, 6) is -0.543. The van der Waals surface area contributed by atoms with Crippen LogP contribution in [0.5, 0.6) is 0 Å². The van der Waals surface area contributed by atoms with Crippen LogP contribution in [-0.4, -0.2) is 30.2 Å². The minimum atomic E-state index is -0.543. The van der Waals surface area contributed by atoms with E-state index < -0.39 is 11.9 Å². The van der Waals surface area contributed by atoms with Crippen LogP contribution in [0.1, 0.15) is 11.1 Å². The van der Waals surface area contributed by atoms with Gasteiger partial charge in [-0.1, -0.05) is 60.7 Å². The topological polar surface area (TPSA) is 58.8 Å². The highest BCUT2D eigenvalue weighted by molar-refractivity contribution is 5.90. The maximum atomic E-state index is 13.8. The lowest BCUT2D eigenvalue weighted by Gasteiger charge is -2.25. The quantitative estimate of drug-likeness (QED) is 0.591. The van der Waals surface area contributed by atoms with Crippen LogP contribution in [0.2, 0.25) is 0 Å². The molecule has 1 saturated heterocycles. The van der Waals surface area contributed by atoms with Crippen LogP contribution in [0.15, 0.2) is 78.9 Å². The van der Waals surface area contributed by atoms with Crippen LogP contribution < -0.4 is 10.6 Å². The molecular formula is C24H24FN3O2. The number of hydrogen-bond acceptors (Lipinski definition) is 4. The van der Waals surface area contributed by atoms with Crippen LogP contribution in [0, 0.1) is 5.82 Å². The molecule has 0 spiro atoms. The van der Waals surface area contributed by atoms with Crippen molar-refractivity contribution in [2.75, 3.05) is 23.7 Å². The molecule has 1 amide bonds. The van der Waals surface area contributed by atoms with Gasteiger partial charge in [0.1, 0.15) is 11.9 Å². The Morgan fingerprint density at radius 3 is 2.13 bits per heavy atom. The lowest BCUT2D eigenvalue weighted by atomic mass is 10.1. The van der Waals surface area contributed by atoms with E-state index in [1.54, 1.807) is 6.07 Å². The first-order valence-electron chi connectivity index (χ1n) is 9.92. The van der Waals surface area contributed by atoms with E-state index in [4.69, 9.17) is 10.5 Å². The number of nitrogen functional groups attached to an aromatic ring is 1. The number of carbonyl (C=O) groups excluding carboxylic acids is 1. The van der Waals surface area contributed by atoms with E-state index >= 15 is 0 Å². The number of carbonyl (C=O) groups is 1. The van der Waals surface area contributed by atoms with Crippen LogP contribution in [0.25, 0.3) is 0 Å². The molecule has 30 heavy (non-hydrogen) atoms. The molecule has 1 aliphatic rings. The normalized spacial score (nSPS) is 16.1. The summed E-state index contributed by atoms with van der Waals surface area (Å²) in [6.07, 6.45) is -0.783. The zero-order valence-electron chi connectivity index (χ0n) is 16.6. The van der Waals surface area contributed by atoms with Crippen molar-refractivity contribution in [2.24, 2.45) is 0 Å². The Balaban J connectivity index is 1.48. The van der Waals surface area contributed by atoms with E-state index in [0.29, 0.717) is 18.8 Å². The highest BCUT2D eigenvalue weighted by Crippen LogP contribution is 2.25. The first-order chi connectivity index (χ1) is 14.6. The molecule has 3 aromatic carbocycles. The van der Waals surface area contributed by atoms with Crippen molar-refractivity contribution < 1.29 is 13.9 Å². The molecule has 0 radical (unpaired) electrons. The van der Waals surface area contributed by atoms with E-state index in [-0.39, 0.29) is 11.8 Å². The van der Waals surface area contributed by atoms with Crippen LogP contribution in [0.3, 0.4) is 0 Å². The summed E-state index contributed by atoms with van der Waals surface area (Å²) in [7, 11) is 0. The van der Waals surface area contributed by atoms with Crippen molar-refractivity contribution in [3.05, 3.63) is 95.8 Å². The fourth-order valence-corrected chi connectivity index (χ4v) is 3.67. The smallest absolute Gasteiger partial charge is 0.414 e. The molecule has 1 aliphatic heterocycles. The second kappa shape index (κ2) is 8.97. The number of anilines is 2.